The maximum Gasteiger partial charge on any atom is 0.225 e. The molecule has 0 spiro atoms. The molecule has 1 saturated heterocycles. The zero-order valence-electron chi connectivity index (χ0n) is 14.2. The van der Waals surface area contributed by atoms with Crippen molar-refractivity contribution in [3.05, 3.63) is 54.4 Å². The molecule has 2 aromatic rings. The van der Waals surface area contributed by atoms with E-state index in [9.17, 15) is 4.79 Å². The molecule has 8 heteroatoms. The Balaban J connectivity index is 0.00000169. The average Bonchev–Trinajstić information content (AvgIpc) is 2.62. The van der Waals surface area contributed by atoms with Crippen LogP contribution in [0.15, 0.2) is 48.8 Å². The Morgan fingerprint density at radius 2 is 2.19 bits per heavy atom. The van der Waals surface area contributed by atoms with E-state index in [0.717, 1.165) is 35.1 Å². The topological polar surface area (TPSA) is 63.2 Å². The van der Waals surface area contributed by atoms with Crippen molar-refractivity contribution in [2.24, 2.45) is 0 Å². The number of pyridine rings is 1. The number of benzene rings is 1. The first-order chi connectivity index (χ1) is 11.8. The Labute approximate surface area is 170 Å². The van der Waals surface area contributed by atoms with Crippen molar-refractivity contribution >= 4 is 48.2 Å². The lowest BCUT2D eigenvalue weighted by atomic mass is 10.2. The van der Waals surface area contributed by atoms with Crippen molar-refractivity contribution in [2.45, 2.75) is 19.1 Å². The third-order valence-corrected chi connectivity index (χ3v) is 4.81. The van der Waals surface area contributed by atoms with Crippen LogP contribution < -0.4 is 15.4 Å². The second kappa shape index (κ2) is 12.0. The first-order valence-electron chi connectivity index (χ1n) is 8.02. The van der Waals surface area contributed by atoms with Gasteiger partial charge in [0.25, 0.3) is 0 Å². The Kier molecular flexibility index (Phi) is 10.4. The molecule has 26 heavy (non-hydrogen) atoms. The molecular formula is C18H23Cl2N3O2S. The van der Waals surface area contributed by atoms with Crippen molar-refractivity contribution in [1.82, 2.24) is 10.3 Å². The highest BCUT2D eigenvalue weighted by molar-refractivity contribution is 7.99. The van der Waals surface area contributed by atoms with Gasteiger partial charge in [-0.2, -0.15) is 11.8 Å². The van der Waals surface area contributed by atoms with Gasteiger partial charge in [0, 0.05) is 60.2 Å². The molecule has 0 saturated carbocycles. The van der Waals surface area contributed by atoms with Gasteiger partial charge in [0.2, 0.25) is 5.91 Å². The van der Waals surface area contributed by atoms with Gasteiger partial charge in [-0.15, -0.1) is 24.8 Å². The Hall–Kier alpha value is -1.47. The quantitative estimate of drug-likeness (QED) is 0.755. The predicted octanol–water partition coefficient (Wildman–Crippen LogP) is 3.54. The van der Waals surface area contributed by atoms with E-state index in [0.29, 0.717) is 13.0 Å². The van der Waals surface area contributed by atoms with Crippen LogP contribution in [0.4, 0.5) is 5.69 Å². The number of hydrogen-bond donors (Lipinski definition) is 2. The summed E-state index contributed by atoms with van der Waals surface area (Å²) in [5.41, 5.74) is 1.76. The number of carbonyl (C=O) groups is 1. The summed E-state index contributed by atoms with van der Waals surface area (Å²) in [5, 5.41) is 6.32. The summed E-state index contributed by atoms with van der Waals surface area (Å²) in [6.07, 6.45) is 4.01. The molecule has 1 aliphatic rings. The molecule has 2 heterocycles. The van der Waals surface area contributed by atoms with Crippen LogP contribution in [0.2, 0.25) is 0 Å². The van der Waals surface area contributed by atoms with Crippen molar-refractivity contribution in [1.29, 1.82) is 0 Å². The number of ether oxygens (including phenoxy) is 1. The number of amides is 1. The second-order valence-corrected chi connectivity index (χ2v) is 6.81. The first kappa shape index (κ1) is 22.6. The number of thioether (sulfide) groups is 1. The maximum absolute atomic E-state index is 12.2. The van der Waals surface area contributed by atoms with Gasteiger partial charge >= 0.3 is 0 Å². The van der Waals surface area contributed by atoms with Gasteiger partial charge in [-0.05, 0) is 18.2 Å². The summed E-state index contributed by atoms with van der Waals surface area (Å²) >= 11 is 1.89. The standard InChI is InChI=1S/C18H21N3O2S.2ClH/c22-18(10-16-13-24-8-7-20-16)21-15-4-1-5-17(9-15)23-12-14-3-2-6-19-11-14;;/h1-6,9,11,16,20H,7-8,10,12-13H2,(H,21,22);2*1H. The molecule has 1 atom stereocenters. The molecule has 1 unspecified atom stereocenters. The fourth-order valence-electron chi connectivity index (χ4n) is 2.50. The number of carbonyl (C=O) groups excluding carboxylic acids is 1. The van der Waals surface area contributed by atoms with Crippen molar-refractivity contribution in [2.75, 3.05) is 23.4 Å². The molecule has 2 N–H and O–H groups in total. The highest BCUT2D eigenvalue weighted by Gasteiger charge is 2.16. The summed E-state index contributed by atoms with van der Waals surface area (Å²) in [6, 6.07) is 11.6. The monoisotopic (exact) mass is 415 g/mol. The van der Waals surface area contributed by atoms with E-state index >= 15 is 0 Å². The van der Waals surface area contributed by atoms with Gasteiger partial charge in [-0.1, -0.05) is 12.1 Å². The molecule has 0 bridgehead atoms. The number of hydrogen-bond acceptors (Lipinski definition) is 5. The average molecular weight is 416 g/mol. The molecule has 142 valence electrons. The van der Waals surface area contributed by atoms with Crippen LogP contribution in [0.5, 0.6) is 5.75 Å². The molecule has 0 aliphatic carbocycles. The summed E-state index contributed by atoms with van der Waals surface area (Å²) in [6.45, 7) is 1.43. The van der Waals surface area contributed by atoms with E-state index in [4.69, 9.17) is 4.74 Å². The van der Waals surface area contributed by atoms with Crippen molar-refractivity contribution < 1.29 is 9.53 Å². The highest BCUT2D eigenvalue weighted by Crippen LogP contribution is 2.19. The molecule has 1 aliphatic heterocycles. The summed E-state index contributed by atoms with van der Waals surface area (Å²) in [5.74, 6) is 2.86. The van der Waals surface area contributed by atoms with Crippen molar-refractivity contribution in [3.8, 4) is 5.75 Å². The maximum atomic E-state index is 12.2. The number of nitrogens with one attached hydrogen (secondary N) is 2. The van der Waals surface area contributed by atoms with Gasteiger partial charge in [-0.25, -0.2) is 0 Å². The largest absolute Gasteiger partial charge is 0.489 e. The molecule has 1 fully saturated rings. The third kappa shape index (κ3) is 7.41. The van der Waals surface area contributed by atoms with E-state index in [1.165, 1.54) is 0 Å². The summed E-state index contributed by atoms with van der Waals surface area (Å²) in [7, 11) is 0. The van der Waals surface area contributed by atoms with Crippen molar-refractivity contribution in [3.63, 3.8) is 0 Å². The molecular weight excluding hydrogens is 393 g/mol. The van der Waals surface area contributed by atoms with Gasteiger partial charge < -0.3 is 15.4 Å². The zero-order chi connectivity index (χ0) is 16.6. The van der Waals surface area contributed by atoms with Crippen LogP contribution in [0.25, 0.3) is 0 Å². The van der Waals surface area contributed by atoms with Gasteiger partial charge in [0.1, 0.15) is 12.4 Å². The molecule has 3 rings (SSSR count). The van der Waals surface area contributed by atoms with E-state index in [-0.39, 0.29) is 36.8 Å². The van der Waals surface area contributed by atoms with Gasteiger partial charge in [0.15, 0.2) is 0 Å². The molecule has 1 aromatic carbocycles. The minimum atomic E-state index is 0. The minimum absolute atomic E-state index is 0. The lowest BCUT2D eigenvalue weighted by Crippen LogP contribution is -2.39. The van der Waals surface area contributed by atoms with E-state index in [1.807, 2.05) is 48.2 Å². The molecule has 1 aromatic heterocycles. The number of anilines is 1. The van der Waals surface area contributed by atoms with Crippen LogP contribution >= 0.6 is 36.6 Å². The normalized spacial score (nSPS) is 15.9. The van der Waals surface area contributed by atoms with E-state index < -0.39 is 0 Å². The molecule has 1 amide bonds. The Morgan fingerprint density at radius 3 is 2.92 bits per heavy atom. The zero-order valence-corrected chi connectivity index (χ0v) is 16.7. The lowest BCUT2D eigenvalue weighted by Gasteiger charge is -2.22. The number of rotatable bonds is 6. The Morgan fingerprint density at radius 1 is 1.31 bits per heavy atom. The number of halogens is 2. The SMILES string of the molecule is Cl.Cl.O=C(CC1CSCCN1)Nc1cccc(OCc2cccnc2)c1. The van der Waals surface area contributed by atoms with E-state index in [2.05, 4.69) is 15.6 Å². The predicted molar refractivity (Wildman–Crippen MR) is 112 cm³/mol. The Bertz CT molecular complexity index is 670. The summed E-state index contributed by atoms with van der Waals surface area (Å²) in [4.78, 5) is 16.2. The fourth-order valence-corrected chi connectivity index (χ4v) is 3.45. The molecule has 5 nitrogen and oxygen atoms in total. The summed E-state index contributed by atoms with van der Waals surface area (Å²) < 4.78 is 5.76. The first-order valence-corrected chi connectivity index (χ1v) is 9.18. The van der Waals surface area contributed by atoms with Gasteiger partial charge in [-0.3, -0.25) is 9.78 Å². The molecule has 0 radical (unpaired) electrons. The van der Waals surface area contributed by atoms with Crippen LogP contribution in [0, 0.1) is 0 Å². The van der Waals surface area contributed by atoms with Crippen LogP contribution in [-0.2, 0) is 11.4 Å². The smallest absolute Gasteiger partial charge is 0.225 e. The fraction of sp³-hybridized carbons (Fsp3) is 0.333. The second-order valence-electron chi connectivity index (χ2n) is 5.66. The number of aromatic nitrogens is 1. The minimum Gasteiger partial charge on any atom is -0.489 e. The van der Waals surface area contributed by atoms with Crippen LogP contribution in [0.3, 0.4) is 0 Å². The van der Waals surface area contributed by atoms with Crippen LogP contribution in [0.1, 0.15) is 12.0 Å². The third-order valence-electron chi connectivity index (χ3n) is 3.68. The van der Waals surface area contributed by atoms with E-state index in [1.54, 1.807) is 12.4 Å². The van der Waals surface area contributed by atoms with Crippen LogP contribution in [-0.4, -0.2) is 35.0 Å². The van der Waals surface area contributed by atoms with Gasteiger partial charge in [0.05, 0.1) is 0 Å². The highest BCUT2D eigenvalue weighted by atomic mass is 35.5. The lowest BCUT2D eigenvalue weighted by molar-refractivity contribution is -0.116. The number of nitrogens with zero attached hydrogens (tertiary/aromatic N) is 1.